The van der Waals surface area contributed by atoms with E-state index in [0.717, 1.165) is 11.1 Å². The van der Waals surface area contributed by atoms with Gasteiger partial charge < -0.3 is 5.32 Å². The van der Waals surface area contributed by atoms with Gasteiger partial charge in [0.15, 0.2) is 0 Å². The summed E-state index contributed by atoms with van der Waals surface area (Å²) >= 11 is 6.16. The highest BCUT2D eigenvalue weighted by molar-refractivity contribution is 7.89. The number of para-hydroxylation sites is 1. The van der Waals surface area contributed by atoms with Crippen molar-refractivity contribution in [3.8, 4) is 0 Å². The molecule has 3 aromatic carbocycles. The predicted octanol–water partition coefficient (Wildman–Crippen LogP) is 4.09. The number of nitrogens with one attached hydrogen (secondary N) is 1. The number of carbonyl (C=O) groups is 1. The SMILES string of the molecule is O=C(Nc1ccccc1Cl)[C@@H]1Cc2ccccc2CN1S(=O)(=O)c1ccccc1. The Hall–Kier alpha value is -2.67. The van der Waals surface area contributed by atoms with Gasteiger partial charge in [0.2, 0.25) is 15.9 Å². The highest BCUT2D eigenvalue weighted by atomic mass is 35.5. The fourth-order valence-electron chi connectivity index (χ4n) is 3.48. The van der Waals surface area contributed by atoms with Gasteiger partial charge in [-0.05, 0) is 41.8 Å². The molecule has 29 heavy (non-hydrogen) atoms. The van der Waals surface area contributed by atoms with Gasteiger partial charge in [-0.2, -0.15) is 4.31 Å². The van der Waals surface area contributed by atoms with Gasteiger partial charge in [-0.3, -0.25) is 4.79 Å². The lowest BCUT2D eigenvalue weighted by Gasteiger charge is -2.35. The molecule has 1 N–H and O–H groups in total. The van der Waals surface area contributed by atoms with Crippen molar-refractivity contribution in [2.75, 3.05) is 5.32 Å². The van der Waals surface area contributed by atoms with Crippen molar-refractivity contribution in [1.29, 1.82) is 0 Å². The van der Waals surface area contributed by atoms with Crippen LogP contribution in [0.15, 0.2) is 83.8 Å². The summed E-state index contributed by atoms with van der Waals surface area (Å²) in [5, 5.41) is 3.18. The summed E-state index contributed by atoms with van der Waals surface area (Å²) < 4.78 is 28.0. The van der Waals surface area contributed by atoms with Gasteiger partial charge in [0, 0.05) is 6.54 Å². The lowest BCUT2D eigenvalue weighted by Crippen LogP contribution is -2.50. The molecule has 0 radical (unpaired) electrons. The van der Waals surface area contributed by atoms with E-state index < -0.39 is 22.0 Å². The number of hydrogen-bond acceptors (Lipinski definition) is 3. The Morgan fingerprint density at radius 1 is 0.897 bits per heavy atom. The van der Waals surface area contributed by atoms with Gasteiger partial charge in [-0.1, -0.05) is 66.2 Å². The van der Waals surface area contributed by atoms with Crippen molar-refractivity contribution in [1.82, 2.24) is 4.31 Å². The average Bonchev–Trinajstić information content (AvgIpc) is 2.75. The average molecular weight is 427 g/mol. The number of sulfonamides is 1. The van der Waals surface area contributed by atoms with Crippen molar-refractivity contribution >= 4 is 33.2 Å². The molecule has 1 aliphatic heterocycles. The Morgan fingerprint density at radius 2 is 1.52 bits per heavy atom. The molecule has 0 bridgehead atoms. The lowest BCUT2D eigenvalue weighted by atomic mass is 9.95. The molecule has 0 saturated carbocycles. The van der Waals surface area contributed by atoms with E-state index in [1.54, 1.807) is 54.6 Å². The molecular weight excluding hydrogens is 408 g/mol. The topological polar surface area (TPSA) is 66.5 Å². The molecule has 4 rings (SSSR count). The van der Waals surface area contributed by atoms with E-state index in [1.165, 1.54) is 4.31 Å². The predicted molar refractivity (Wildman–Crippen MR) is 113 cm³/mol. The van der Waals surface area contributed by atoms with Crippen LogP contribution in [0.25, 0.3) is 0 Å². The van der Waals surface area contributed by atoms with Crippen LogP contribution in [0, 0.1) is 0 Å². The fourth-order valence-corrected chi connectivity index (χ4v) is 5.25. The zero-order valence-electron chi connectivity index (χ0n) is 15.5. The quantitative estimate of drug-likeness (QED) is 0.683. The molecule has 0 spiro atoms. The van der Waals surface area contributed by atoms with Crippen molar-refractivity contribution in [2.24, 2.45) is 0 Å². The number of fused-ring (bicyclic) bond motifs is 1. The zero-order chi connectivity index (χ0) is 20.4. The van der Waals surface area contributed by atoms with Gasteiger partial charge in [0.1, 0.15) is 6.04 Å². The first-order chi connectivity index (χ1) is 14.0. The number of carbonyl (C=O) groups excluding carboxylic acids is 1. The monoisotopic (exact) mass is 426 g/mol. The normalized spacial score (nSPS) is 16.8. The maximum absolute atomic E-state index is 13.4. The van der Waals surface area contributed by atoms with E-state index in [-0.39, 0.29) is 11.4 Å². The Balaban J connectivity index is 1.73. The Labute approximate surface area is 175 Å². The number of benzene rings is 3. The molecule has 7 heteroatoms. The highest BCUT2D eigenvalue weighted by Gasteiger charge is 2.39. The van der Waals surface area contributed by atoms with Gasteiger partial charge >= 0.3 is 0 Å². The second kappa shape index (κ2) is 7.99. The van der Waals surface area contributed by atoms with E-state index >= 15 is 0 Å². The van der Waals surface area contributed by atoms with Crippen LogP contribution in [0.4, 0.5) is 5.69 Å². The van der Waals surface area contributed by atoms with Crippen LogP contribution in [0.1, 0.15) is 11.1 Å². The van der Waals surface area contributed by atoms with Crippen LogP contribution in [0.5, 0.6) is 0 Å². The number of anilines is 1. The summed E-state index contributed by atoms with van der Waals surface area (Å²) in [6.07, 6.45) is 0.290. The summed E-state index contributed by atoms with van der Waals surface area (Å²) in [6, 6.07) is 21.8. The smallest absolute Gasteiger partial charge is 0.244 e. The molecular formula is C22H19ClN2O3S. The summed E-state index contributed by atoms with van der Waals surface area (Å²) in [4.78, 5) is 13.3. The van der Waals surface area contributed by atoms with Crippen LogP contribution >= 0.6 is 11.6 Å². The Morgan fingerprint density at radius 3 is 2.24 bits per heavy atom. The van der Waals surface area contributed by atoms with Gasteiger partial charge in [-0.25, -0.2) is 8.42 Å². The summed E-state index contributed by atoms with van der Waals surface area (Å²) in [6.45, 7) is 0.133. The fraction of sp³-hybridized carbons (Fsp3) is 0.136. The van der Waals surface area contributed by atoms with Gasteiger partial charge in [0.25, 0.3) is 0 Å². The minimum atomic E-state index is -3.86. The molecule has 3 aromatic rings. The van der Waals surface area contributed by atoms with Crippen molar-refractivity contribution < 1.29 is 13.2 Å². The van der Waals surface area contributed by atoms with Crippen LogP contribution < -0.4 is 5.32 Å². The number of hydrogen-bond donors (Lipinski definition) is 1. The lowest BCUT2D eigenvalue weighted by molar-refractivity contribution is -0.120. The molecule has 1 amide bonds. The van der Waals surface area contributed by atoms with Crippen LogP contribution in [-0.4, -0.2) is 24.7 Å². The van der Waals surface area contributed by atoms with E-state index in [0.29, 0.717) is 17.1 Å². The van der Waals surface area contributed by atoms with Crippen molar-refractivity contribution in [3.63, 3.8) is 0 Å². The zero-order valence-corrected chi connectivity index (χ0v) is 17.0. The minimum Gasteiger partial charge on any atom is -0.323 e. The summed E-state index contributed by atoms with van der Waals surface area (Å²) in [5.41, 5.74) is 2.32. The highest BCUT2D eigenvalue weighted by Crippen LogP contribution is 2.30. The molecule has 1 atom stereocenters. The Bertz CT molecular complexity index is 1150. The molecule has 0 aromatic heterocycles. The number of rotatable bonds is 4. The minimum absolute atomic E-state index is 0.133. The first kappa shape index (κ1) is 19.6. The third kappa shape index (κ3) is 3.92. The van der Waals surface area contributed by atoms with Gasteiger partial charge in [-0.15, -0.1) is 0 Å². The van der Waals surface area contributed by atoms with Gasteiger partial charge in [0.05, 0.1) is 15.6 Å². The van der Waals surface area contributed by atoms with Crippen LogP contribution in [-0.2, 0) is 27.8 Å². The largest absolute Gasteiger partial charge is 0.323 e. The van der Waals surface area contributed by atoms with E-state index in [4.69, 9.17) is 11.6 Å². The maximum atomic E-state index is 13.4. The van der Waals surface area contributed by atoms with E-state index in [9.17, 15) is 13.2 Å². The third-order valence-electron chi connectivity index (χ3n) is 4.99. The molecule has 0 saturated heterocycles. The molecule has 1 aliphatic rings. The standard InChI is InChI=1S/C22H19ClN2O3S/c23-19-12-6-7-13-20(19)24-22(26)21-14-16-8-4-5-9-17(16)15-25(21)29(27,28)18-10-2-1-3-11-18/h1-13,21H,14-15H2,(H,24,26)/t21-/m0/s1. The van der Waals surface area contributed by atoms with Crippen LogP contribution in [0.3, 0.4) is 0 Å². The Kier molecular flexibility index (Phi) is 5.41. The van der Waals surface area contributed by atoms with Crippen molar-refractivity contribution in [3.05, 3.63) is 95.0 Å². The number of amides is 1. The first-order valence-electron chi connectivity index (χ1n) is 9.16. The third-order valence-corrected chi connectivity index (χ3v) is 7.19. The second-order valence-corrected chi connectivity index (χ2v) is 9.12. The summed E-state index contributed by atoms with van der Waals surface area (Å²) in [5.74, 6) is -0.410. The second-order valence-electron chi connectivity index (χ2n) is 6.82. The molecule has 0 unspecified atom stereocenters. The number of halogens is 1. The van der Waals surface area contributed by atoms with Crippen molar-refractivity contribution in [2.45, 2.75) is 23.9 Å². The maximum Gasteiger partial charge on any atom is 0.244 e. The van der Waals surface area contributed by atoms with Crippen LogP contribution in [0.2, 0.25) is 5.02 Å². The first-order valence-corrected chi connectivity index (χ1v) is 11.0. The molecule has 0 fully saturated rings. The van der Waals surface area contributed by atoms with E-state index in [1.807, 2.05) is 24.3 Å². The molecule has 5 nitrogen and oxygen atoms in total. The van der Waals surface area contributed by atoms with E-state index in [2.05, 4.69) is 5.32 Å². The molecule has 148 valence electrons. The summed E-state index contributed by atoms with van der Waals surface area (Å²) in [7, 11) is -3.86. The molecule has 0 aliphatic carbocycles. The number of nitrogens with zero attached hydrogens (tertiary/aromatic N) is 1. The molecule has 1 heterocycles.